The van der Waals surface area contributed by atoms with Crippen LogP contribution in [-0.4, -0.2) is 83.5 Å². The maximum absolute atomic E-state index is 14.8. The SMILES string of the molecule is CC(c1cnc(N2CC[C@H]2CN2CC[C@@H](O)C[C@@H]2C)nc1)n1cc(NC(=O)c2cncc(-c3c(C(F)F)ccc(Cl)c3F)n2)cn1. The van der Waals surface area contributed by atoms with E-state index in [9.17, 15) is 23.1 Å². The quantitative estimate of drug-likeness (QED) is 0.252. The van der Waals surface area contributed by atoms with Crippen LogP contribution in [0, 0.1) is 5.82 Å². The number of likely N-dealkylation sites (tertiary alicyclic amines) is 1. The lowest BCUT2D eigenvalue weighted by Crippen LogP contribution is -2.57. The van der Waals surface area contributed by atoms with Crippen molar-refractivity contribution in [3.63, 3.8) is 0 Å². The second kappa shape index (κ2) is 13.3. The highest BCUT2D eigenvalue weighted by atomic mass is 35.5. The Morgan fingerprint density at radius 3 is 2.61 bits per heavy atom. The van der Waals surface area contributed by atoms with Gasteiger partial charge in [0.1, 0.15) is 5.69 Å². The van der Waals surface area contributed by atoms with Gasteiger partial charge in [-0.2, -0.15) is 5.10 Å². The van der Waals surface area contributed by atoms with E-state index in [0.717, 1.165) is 69.0 Å². The Morgan fingerprint density at radius 2 is 1.91 bits per heavy atom. The highest BCUT2D eigenvalue weighted by Gasteiger charge is 2.34. The predicted octanol–water partition coefficient (Wildman–Crippen LogP) is 5.15. The summed E-state index contributed by atoms with van der Waals surface area (Å²) in [6, 6.07) is 2.48. The fourth-order valence-corrected chi connectivity index (χ4v) is 6.05. The van der Waals surface area contributed by atoms with Gasteiger partial charge in [0, 0.05) is 67.0 Å². The van der Waals surface area contributed by atoms with Crippen LogP contribution in [0.1, 0.15) is 67.2 Å². The molecule has 1 unspecified atom stereocenters. The summed E-state index contributed by atoms with van der Waals surface area (Å²) >= 11 is 5.82. The molecule has 2 aliphatic heterocycles. The second-order valence-electron chi connectivity index (χ2n) is 11.7. The molecule has 2 N–H and O–H groups in total. The van der Waals surface area contributed by atoms with Crippen molar-refractivity contribution in [2.75, 3.05) is 29.9 Å². The van der Waals surface area contributed by atoms with Crippen LogP contribution in [0.2, 0.25) is 5.02 Å². The molecule has 0 aliphatic carbocycles. The predicted molar refractivity (Wildman–Crippen MR) is 165 cm³/mol. The molecular formula is C31H33ClF3N9O2. The molecule has 242 valence electrons. The average Bonchev–Trinajstić information content (AvgIpc) is 3.49. The van der Waals surface area contributed by atoms with Gasteiger partial charge in [0.15, 0.2) is 5.82 Å². The number of piperidine rings is 1. The zero-order chi connectivity index (χ0) is 32.5. The van der Waals surface area contributed by atoms with E-state index in [1.165, 1.54) is 6.20 Å². The fraction of sp³-hybridized carbons (Fsp3) is 0.419. The van der Waals surface area contributed by atoms with Crippen LogP contribution in [0.15, 0.2) is 49.3 Å². The number of carbonyl (C=O) groups excluding carboxylic acids is 1. The van der Waals surface area contributed by atoms with E-state index >= 15 is 0 Å². The van der Waals surface area contributed by atoms with E-state index in [1.807, 2.05) is 6.92 Å². The highest BCUT2D eigenvalue weighted by molar-refractivity contribution is 6.31. The summed E-state index contributed by atoms with van der Waals surface area (Å²) in [7, 11) is 0. The van der Waals surface area contributed by atoms with Crippen LogP contribution in [0.25, 0.3) is 11.3 Å². The number of hydrogen-bond acceptors (Lipinski definition) is 9. The zero-order valence-electron chi connectivity index (χ0n) is 25.2. The summed E-state index contributed by atoms with van der Waals surface area (Å²) in [5.74, 6) is -1.08. The first-order valence-corrected chi connectivity index (χ1v) is 15.4. The minimum atomic E-state index is -2.99. The molecule has 2 aliphatic rings. The van der Waals surface area contributed by atoms with Crippen molar-refractivity contribution in [2.24, 2.45) is 0 Å². The van der Waals surface area contributed by atoms with E-state index in [-0.39, 0.29) is 28.6 Å². The molecule has 46 heavy (non-hydrogen) atoms. The van der Waals surface area contributed by atoms with E-state index in [2.05, 4.69) is 47.1 Å². The van der Waals surface area contributed by atoms with Crippen molar-refractivity contribution in [1.82, 2.24) is 34.6 Å². The third-order valence-corrected chi connectivity index (χ3v) is 9.01. The Kier molecular flexibility index (Phi) is 9.20. The van der Waals surface area contributed by atoms with E-state index in [1.54, 1.807) is 23.3 Å². The Labute approximate surface area is 268 Å². The number of amides is 1. The zero-order valence-corrected chi connectivity index (χ0v) is 25.9. The topological polar surface area (TPSA) is 125 Å². The van der Waals surface area contributed by atoms with Gasteiger partial charge in [-0.05, 0) is 39.2 Å². The van der Waals surface area contributed by atoms with Gasteiger partial charge < -0.3 is 15.3 Å². The lowest BCUT2D eigenvalue weighted by molar-refractivity contribution is 0.0417. The number of aliphatic hydroxyl groups is 1. The third-order valence-electron chi connectivity index (χ3n) is 8.71. The molecule has 15 heteroatoms. The van der Waals surface area contributed by atoms with Crippen molar-refractivity contribution in [1.29, 1.82) is 0 Å². The summed E-state index contributed by atoms with van der Waals surface area (Å²) < 4.78 is 43.6. The molecule has 1 aromatic carbocycles. The third kappa shape index (κ3) is 6.55. The van der Waals surface area contributed by atoms with Crippen LogP contribution < -0.4 is 10.2 Å². The standard InChI is InChI=1S/C31H33ClF3N9O2/c1-17-9-22(45)6-7-42(17)16-21-5-8-43(21)31-37-10-19(11-38-31)18(2)44-15-20(12-39-44)40-30(46)26-14-36-13-25(41-26)27-23(29(34)35)3-4-24(32)28(27)33/h3-4,10-15,17-18,21-22,29,45H,5-9,16H2,1-2H3,(H,40,46)/t17-,18?,21-,22+/m0/s1. The number of nitrogens with one attached hydrogen (secondary N) is 1. The minimum Gasteiger partial charge on any atom is -0.393 e. The molecule has 1 amide bonds. The van der Waals surface area contributed by atoms with Gasteiger partial charge in [0.2, 0.25) is 5.95 Å². The summed E-state index contributed by atoms with van der Waals surface area (Å²) in [5, 5.41) is 16.6. The summed E-state index contributed by atoms with van der Waals surface area (Å²) in [5.41, 5.74) is -0.412. The maximum Gasteiger partial charge on any atom is 0.275 e. The lowest BCUT2D eigenvalue weighted by atomic mass is 9.97. The van der Waals surface area contributed by atoms with E-state index in [4.69, 9.17) is 11.6 Å². The summed E-state index contributed by atoms with van der Waals surface area (Å²) in [6.07, 6.45) is 8.32. The molecule has 4 atom stereocenters. The number of nitrogens with zero attached hydrogens (tertiary/aromatic N) is 8. The van der Waals surface area contributed by atoms with Gasteiger partial charge >= 0.3 is 0 Å². The monoisotopic (exact) mass is 655 g/mol. The highest BCUT2D eigenvalue weighted by Crippen LogP contribution is 2.35. The van der Waals surface area contributed by atoms with Gasteiger partial charge in [-0.1, -0.05) is 17.7 Å². The van der Waals surface area contributed by atoms with E-state index < -0.39 is 29.3 Å². The van der Waals surface area contributed by atoms with Gasteiger partial charge in [-0.3, -0.25) is 19.4 Å². The smallest absolute Gasteiger partial charge is 0.275 e. The Morgan fingerprint density at radius 1 is 1.13 bits per heavy atom. The number of anilines is 2. The molecule has 0 spiro atoms. The number of rotatable bonds is 9. The molecule has 0 saturated carbocycles. The van der Waals surface area contributed by atoms with Crippen molar-refractivity contribution in [2.45, 2.75) is 63.8 Å². The first kappa shape index (κ1) is 31.8. The maximum atomic E-state index is 14.8. The number of aromatic nitrogens is 6. The molecule has 3 aromatic heterocycles. The molecule has 0 bridgehead atoms. The molecule has 5 heterocycles. The summed E-state index contributed by atoms with van der Waals surface area (Å²) in [4.78, 5) is 34.9. The Hall–Kier alpha value is -4.14. The van der Waals surface area contributed by atoms with Crippen molar-refractivity contribution in [3.8, 4) is 11.3 Å². The van der Waals surface area contributed by atoms with Crippen LogP contribution in [-0.2, 0) is 0 Å². The van der Waals surface area contributed by atoms with Crippen LogP contribution >= 0.6 is 11.6 Å². The number of halogens is 4. The van der Waals surface area contributed by atoms with Crippen LogP contribution in [0.5, 0.6) is 0 Å². The minimum absolute atomic E-state index is 0.210. The largest absolute Gasteiger partial charge is 0.393 e. The van der Waals surface area contributed by atoms with Gasteiger partial charge in [0.25, 0.3) is 12.3 Å². The Bertz CT molecular complexity index is 1710. The number of carbonyl (C=O) groups is 1. The van der Waals surface area contributed by atoms with Crippen molar-refractivity contribution >= 4 is 29.1 Å². The second-order valence-corrected chi connectivity index (χ2v) is 12.1. The fourth-order valence-electron chi connectivity index (χ4n) is 5.89. The molecule has 4 aromatic rings. The molecule has 0 radical (unpaired) electrons. The number of benzene rings is 1. The van der Waals surface area contributed by atoms with Crippen LogP contribution in [0.3, 0.4) is 0 Å². The van der Waals surface area contributed by atoms with Crippen LogP contribution in [0.4, 0.5) is 24.8 Å². The van der Waals surface area contributed by atoms with E-state index in [0.29, 0.717) is 23.7 Å². The summed E-state index contributed by atoms with van der Waals surface area (Å²) in [6.45, 7) is 6.78. The number of alkyl halides is 2. The number of aliphatic hydroxyl groups excluding tert-OH is 1. The molecular weight excluding hydrogens is 623 g/mol. The normalized spacial score (nSPS) is 20.9. The van der Waals surface area contributed by atoms with Gasteiger partial charge in [0.05, 0.1) is 47.1 Å². The molecule has 6 rings (SSSR count). The molecule has 2 fully saturated rings. The number of hydrogen-bond donors (Lipinski definition) is 2. The lowest BCUT2D eigenvalue weighted by Gasteiger charge is -2.46. The molecule has 11 nitrogen and oxygen atoms in total. The first-order chi connectivity index (χ1) is 22.1. The molecule has 2 saturated heterocycles. The van der Waals surface area contributed by atoms with Gasteiger partial charge in [-0.25, -0.2) is 28.1 Å². The Balaban J connectivity index is 1.10. The van der Waals surface area contributed by atoms with Crippen molar-refractivity contribution in [3.05, 3.63) is 77.0 Å². The first-order valence-electron chi connectivity index (χ1n) is 15.0. The van der Waals surface area contributed by atoms with Gasteiger partial charge in [-0.15, -0.1) is 0 Å². The average molecular weight is 656 g/mol. The van der Waals surface area contributed by atoms with Crippen molar-refractivity contribution < 1.29 is 23.1 Å².